The van der Waals surface area contributed by atoms with Gasteiger partial charge in [0, 0.05) is 25.7 Å². The number of benzene rings is 1. The molecule has 1 saturated heterocycles. The Morgan fingerprint density at radius 2 is 1.85 bits per heavy atom. The first-order chi connectivity index (χ1) is 13.0. The quantitative estimate of drug-likeness (QED) is 0.766. The van der Waals surface area contributed by atoms with Gasteiger partial charge in [-0.2, -0.15) is 0 Å². The molecule has 0 bridgehead atoms. The molecule has 27 heavy (non-hydrogen) atoms. The van der Waals surface area contributed by atoms with E-state index in [-0.39, 0.29) is 5.91 Å². The number of sulfonamides is 1. The Balaban J connectivity index is 1.57. The van der Waals surface area contributed by atoms with Gasteiger partial charge < -0.3 is 10.2 Å². The van der Waals surface area contributed by atoms with E-state index < -0.39 is 10.0 Å². The van der Waals surface area contributed by atoms with Crippen LogP contribution in [0.5, 0.6) is 0 Å². The number of thiophene rings is 1. The molecule has 0 radical (unpaired) electrons. The second kappa shape index (κ2) is 8.86. The van der Waals surface area contributed by atoms with Crippen LogP contribution in [0.4, 0.5) is 5.69 Å². The molecule has 8 heteroatoms. The van der Waals surface area contributed by atoms with Crippen molar-refractivity contribution in [2.24, 2.45) is 0 Å². The van der Waals surface area contributed by atoms with Gasteiger partial charge in [0.25, 0.3) is 15.9 Å². The van der Waals surface area contributed by atoms with Crippen LogP contribution in [-0.4, -0.2) is 52.5 Å². The van der Waals surface area contributed by atoms with Crippen molar-refractivity contribution >= 4 is 33.0 Å². The number of rotatable bonds is 7. The third-order valence-corrected chi connectivity index (χ3v) is 7.92. The van der Waals surface area contributed by atoms with E-state index in [1.807, 2.05) is 0 Å². The molecule has 1 aromatic heterocycles. The van der Waals surface area contributed by atoms with Crippen molar-refractivity contribution < 1.29 is 13.2 Å². The van der Waals surface area contributed by atoms with Crippen LogP contribution >= 0.6 is 11.3 Å². The number of carbonyl (C=O) groups excluding carboxylic acids is 1. The highest BCUT2D eigenvalue weighted by molar-refractivity contribution is 7.94. The highest BCUT2D eigenvalue weighted by Crippen LogP contribution is 2.25. The molecule has 0 saturated carbocycles. The molecule has 1 aliphatic rings. The van der Waals surface area contributed by atoms with E-state index in [0.29, 0.717) is 22.0 Å². The van der Waals surface area contributed by atoms with E-state index in [4.69, 9.17) is 0 Å². The second-order valence-electron chi connectivity index (χ2n) is 6.61. The van der Waals surface area contributed by atoms with Gasteiger partial charge in [0.05, 0.1) is 5.69 Å². The fourth-order valence-corrected chi connectivity index (χ4v) is 5.48. The molecule has 2 aromatic rings. The summed E-state index contributed by atoms with van der Waals surface area (Å²) in [4.78, 5) is 14.7. The summed E-state index contributed by atoms with van der Waals surface area (Å²) in [5, 5.41) is 4.67. The minimum absolute atomic E-state index is 0.137. The Kier molecular flexibility index (Phi) is 6.51. The van der Waals surface area contributed by atoms with E-state index in [1.54, 1.807) is 41.8 Å². The number of anilines is 1. The zero-order chi connectivity index (χ0) is 19.3. The predicted molar refractivity (Wildman–Crippen MR) is 109 cm³/mol. The van der Waals surface area contributed by atoms with Gasteiger partial charge >= 0.3 is 0 Å². The third kappa shape index (κ3) is 4.88. The molecule has 2 heterocycles. The molecule has 6 nitrogen and oxygen atoms in total. The standard InChI is InChI=1S/C19H25N3O3S2/c1-21(27(24,25)18-6-5-15-26-18)17-9-7-16(8-10-17)19(23)20-11-14-22-12-3-2-4-13-22/h5-10,15H,2-4,11-14H2,1H3,(H,20,23). The smallest absolute Gasteiger partial charge is 0.273 e. The van der Waals surface area contributed by atoms with Crippen LogP contribution in [-0.2, 0) is 10.0 Å². The SMILES string of the molecule is CN(c1ccc(C(=O)NCCN2CCCCC2)cc1)S(=O)(=O)c1cccs1. The fourth-order valence-electron chi connectivity index (χ4n) is 3.12. The highest BCUT2D eigenvalue weighted by atomic mass is 32.2. The summed E-state index contributed by atoms with van der Waals surface area (Å²) in [6.45, 7) is 3.70. The van der Waals surface area contributed by atoms with Crippen LogP contribution in [0.25, 0.3) is 0 Å². The third-order valence-electron chi connectivity index (χ3n) is 4.77. The summed E-state index contributed by atoms with van der Waals surface area (Å²) >= 11 is 1.18. The number of amides is 1. The normalized spacial score (nSPS) is 15.4. The van der Waals surface area contributed by atoms with Crippen molar-refractivity contribution in [2.45, 2.75) is 23.5 Å². The molecule has 1 amide bonds. The summed E-state index contributed by atoms with van der Waals surface area (Å²) in [6.07, 6.45) is 3.76. The van der Waals surface area contributed by atoms with Gasteiger partial charge in [0.1, 0.15) is 4.21 Å². The molecule has 0 atom stereocenters. The van der Waals surface area contributed by atoms with Gasteiger partial charge in [-0.05, 0) is 61.6 Å². The Labute approximate surface area is 164 Å². The maximum atomic E-state index is 12.6. The Hall–Kier alpha value is -1.90. The van der Waals surface area contributed by atoms with Crippen LogP contribution in [0.2, 0.25) is 0 Å². The van der Waals surface area contributed by atoms with Crippen molar-refractivity contribution in [3.8, 4) is 0 Å². The summed E-state index contributed by atoms with van der Waals surface area (Å²) in [5.41, 5.74) is 1.05. The van der Waals surface area contributed by atoms with E-state index in [1.165, 1.54) is 42.0 Å². The molecular weight excluding hydrogens is 382 g/mol. The highest BCUT2D eigenvalue weighted by Gasteiger charge is 2.22. The van der Waals surface area contributed by atoms with Crippen molar-refractivity contribution in [1.29, 1.82) is 0 Å². The van der Waals surface area contributed by atoms with Crippen LogP contribution in [0.1, 0.15) is 29.6 Å². The number of hydrogen-bond acceptors (Lipinski definition) is 5. The number of nitrogens with one attached hydrogen (secondary N) is 1. The second-order valence-corrected chi connectivity index (χ2v) is 9.75. The Morgan fingerprint density at radius 3 is 2.48 bits per heavy atom. The lowest BCUT2D eigenvalue weighted by molar-refractivity contribution is 0.0946. The minimum atomic E-state index is -3.56. The number of piperidine rings is 1. The molecule has 146 valence electrons. The van der Waals surface area contributed by atoms with Gasteiger partial charge in [-0.3, -0.25) is 9.10 Å². The van der Waals surface area contributed by atoms with Crippen molar-refractivity contribution in [1.82, 2.24) is 10.2 Å². The molecule has 1 aromatic carbocycles. The Morgan fingerprint density at radius 1 is 1.15 bits per heavy atom. The van der Waals surface area contributed by atoms with Crippen LogP contribution in [0.15, 0.2) is 46.0 Å². The van der Waals surface area contributed by atoms with Gasteiger partial charge in [-0.25, -0.2) is 8.42 Å². The van der Waals surface area contributed by atoms with Crippen LogP contribution in [0.3, 0.4) is 0 Å². The molecule has 0 unspecified atom stereocenters. The average Bonchev–Trinajstić information content (AvgIpc) is 3.24. The summed E-state index contributed by atoms with van der Waals surface area (Å²) in [5.74, 6) is -0.137. The zero-order valence-corrected chi connectivity index (χ0v) is 17.1. The lowest BCUT2D eigenvalue weighted by Crippen LogP contribution is -2.37. The van der Waals surface area contributed by atoms with Crippen molar-refractivity contribution in [3.63, 3.8) is 0 Å². The molecule has 1 aliphatic heterocycles. The summed E-state index contributed by atoms with van der Waals surface area (Å²) in [6, 6.07) is 9.93. The first-order valence-electron chi connectivity index (χ1n) is 9.11. The Bertz CT molecular complexity index is 843. The van der Waals surface area contributed by atoms with E-state index in [0.717, 1.165) is 19.6 Å². The predicted octanol–water partition coefficient (Wildman–Crippen LogP) is 2.79. The lowest BCUT2D eigenvalue weighted by Gasteiger charge is -2.26. The molecule has 3 rings (SSSR count). The first-order valence-corrected chi connectivity index (χ1v) is 11.4. The fraction of sp³-hybridized carbons (Fsp3) is 0.421. The lowest BCUT2D eigenvalue weighted by atomic mass is 10.1. The zero-order valence-electron chi connectivity index (χ0n) is 15.4. The number of nitrogens with zero attached hydrogens (tertiary/aromatic N) is 2. The number of hydrogen-bond donors (Lipinski definition) is 1. The van der Waals surface area contributed by atoms with Crippen molar-refractivity contribution in [3.05, 3.63) is 47.3 Å². The molecule has 1 fully saturated rings. The monoisotopic (exact) mass is 407 g/mol. The summed E-state index contributed by atoms with van der Waals surface area (Å²) in [7, 11) is -2.05. The molecule has 0 aliphatic carbocycles. The minimum Gasteiger partial charge on any atom is -0.351 e. The molecular formula is C19H25N3O3S2. The maximum Gasteiger partial charge on any atom is 0.273 e. The van der Waals surface area contributed by atoms with Gasteiger partial charge in [0.2, 0.25) is 0 Å². The van der Waals surface area contributed by atoms with Crippen molar-refractivity contribution in [2.75, 3.05) is 37.5 Å². The first kappa shape index (κ1) is 19.9. The van der Waals surface area contributed by atoms with Gasteiger partial charge in [-0.1, -0.05) is 12.5 Å². The number of likely N-dealkylation sites (tertiary alicyclic amines) is 1. The average molecular weight is 408 g/mol. The largest absolute Gasteiger partial charge is 0.351 e. The molecule has 1 N–H and O–H groups in total. The topological polar surface area (TPSA) is 69.7 Å². The van der Waals surface area contributed by atoms with Crippen LogP contribution < -0.4 is 9.62 Å². The van der Waals surface area contributed by atoms with Crippen LogP contribution in [0, 0.1) is 0 Å². The number of carbonyl (C=O) groups is 1. The van der Waals surface area contributed by atoms with E-state index in [2.05, 4.69) is 10.2 Å². The maximum absolute atomic E-state index is 12.6. The van der Waals surface area contributed by atoms with Gasteiger partial charge in [0.15, 0.2) is 0 Å². The van der Waals surface area contributed by atoms with Gasteiger partial charge in [-0.15, -0.1) is 11.3 Å². The summed E-state index contributed by atoms with van der Waals surface area (Å²) < 4.78 is 26.6. The molecule has 0 spiro atoms. The van der Waals surface area contributed by atoms with E-state index >= 15 is 0 Å². The van der Waals surface area contributed by atoms with E-state index in [9.17, 15) is 13.2 Å².